The summed E-state index contributed by atoms with van der Waals surface area (Å²) in [5.41, 5.74) is 1.02. The summed E-state index contributed by atoms with van der Waals surface area (Å²) in [6.45, 7) is 0.572. The molecule has 1 aromatic heterocycles. The lowest BCUT2D eigenvalue weighted by Crippen LogP contribution is -2.03. The minimum atomic E-state index is 0.460. The summed E-state index contributed by atoms with van der Waals surface area (Å²) in [6.07, 6.45) is 0. The highest BCUT2D eigenvalue weighted by Gasteiger charge is 2.04. The van der Waals surface area contributed by atoms with E-state index in [1.54, 1.807) is 7.11 Å². The Morgan fingerprint density at radius 2 is 2.38 bits per heavy atom. The third kappa shape index (κ3) is 2.48. The number of ether oxygens (including phenoxy) is 1. The van der Waals surface area contributed by atoms with Crippen LogP contribution in [0.15, 0.2) is 22.7 Å². The van der Waals surface area contributed by atoms with E-state index in [2.05, 4.69) is 41.9 Å². The Balaban J connectivity index is 2.11. The fourth-order valence-corrected chi connectivity index (χ4v) is 1.70. The van der Waals surface area contributed by atoms with Crippen LogP contribution in [0.1, 0.15) is 5.56 Å². The fourth-order valence-electron chi connectivity index (χ4n) is 1.30. The maximum absolute atomic E-state index is 5.25. The van der Waals surface area contributed by atoms with Crippen molar-refractivity contribution in [2.45, 2.75) is 6.54 Å². The van der Waals surface area contributed by atoms with Gasteiger partial charge in [-0.2, -0.15) is 5.21 Å². The highest BCUT2D eigenvalue weighted by Crippen LogP contribution is 2.23. The summed E-state index contributed by atoms with van der Waals surface area (Å²) in [5.74, 6) is 1.28. The molecule has 0 unspecified atom stereocenters. The monoisotopic (exact) mass is 283 g/mol. The molecular weight excluding hydrogens is 274 g/mol. The normalized spacial score (nSPS) is 10.1. The van der Waals surface area contributed by atoms with Gasteiger partial charge in [0.1, 0.15) is 5.75 Å². The molecule has 0 fully saturated rings. The van der Waals surface area contributed by atoms with E-state index in [1.165, 1.54) is 0 Å². The fraction of sp³-hybridized carbons (Fsp3) is 0.222. The van der Waals surface area contributed by atoms with Gasteiger partial charge in [-0.05, 0) is 23.4 Å². The molecule has 1 aromatic carbocycles. The van der Waals surface area contributed by atoms with Gasteiger partial charge in [-0.25, -0.2) is 0 Å². The van der Waals surface area contributed by atoms with E-state index in [4.69, 9.17) is 4.74 Å². The third-order valence-corrected chi connectivity index (χ3v) is 2.52. The number of benzene rings is 1. The Bertz CT molecular complexity index is 459. The van der Waals surface area contributed by atoms with Gasteiger partial charge in [-0.15, -0.1) is 5.10 Å². The van der Waals surface area contributed by atoms with Gasteiger partial charge in [-0.3, -0.25) is 0 Å². The van der Waals surface area contributed by atoms with Crippen LogP contribution >= 0.6 is 15.9 Å². The molecule has 0 spiro atoms. The average Bonchev–Trinajstić information content (AvgIpc) is 2.79. The van der Waals surface area contributed by atoms with Crippen molar-refractivity contribution < 1.29 is 4.74 Å². The number of H-pyrrole nitrogens is 1. The molecule has 0 aliphatic rings. The Labute approximate surface area is 101 Å². The molecule has 2 N–H and O–H groups in total. The van der Waals surface area contributed by atoms with E-state index in [0.29, 0.717) is 12.5 Å². The quantitative estimate of drug-likeness (QED) is 0.891. The molecule has 0 radical (unpaired) electrons. The van der Waals surface area contributed by atoms with Crippen molar-refractivity contribution in [3.8, 4) is 5.75 Å². The molecule has 0 saturated carbocycles. The van der Waals surface area contributed by atoms with E-state index in [-0.39, 0.29) is 0 Å². The SMILES string of the molecule is COc1ccc(Br)cc1CNc1nn[nH]n1. The van der Waals surface area contributed by atoms with Gasteiger partial charge < -0.3 is 10.1 Å². The first kappa shape index (κ1) is 10.9. The summed E-state index contributed by atoms with van der Waals surface area (Å²) >= 11 is 3.41. The van der Waals surface area contributed by atoms with E-state index < -0.39 is 0 Å². The zero-order valence-corrected chi connectivity index (χ0v) is 10.2. The minimum absolute atomic E-state index is 0.460. The largest absolute Gasteiger partial charge is 0.496 e. The summed E-state index contributed by atoms with van der Waals surface area (Å²) < 4.78 is 6.24. The van der Waals surface area contributed by atoms with E-state index in [1.807, 2.05) is 18.2 Å². The van der Waals surface area contributed by atoms with Crippen molar-refractivity contribution in [3.63, 3.8) is 0 Å². The Hall–Kier alpha value is -1.63. The van der Waals surface area contributed by atoms with Crippen LogP contribution < -0.4 is 10.1 Å². The number of rotatable bonds is 4. The molecule has 0 bridgehead atoms. The molecule has 84 valence electrons. The van der Waals surface area contributed by atoms with Crippen molar-refractivity contribution in [2.75, 3.05) is 12.4 Å². The van der Waals surface area contributed by atoms with Crippen LogP contribution in [0.2, 0.25) is 0 Å². The van der Waals surface area contributed by atoms with Gasteiger partial charge in [0.05, 0.1) is 7.11 Å². The van der Waals surface area contributed by atoms with Crippen molar-refractivity contribution in [1.29, 1.82) is 0 Å². The molecule has 1 heterocycles. The second-order valence-electron chi connectivity index (χ2n) is 3.05. The molecule has 2 aromatic rings. The highest BCUT2D eigenvalue weighted by molar-refractivity contribution is 9.10. The van der Waals surface area contributed by atoms with Gasteiger partial charge in [-0.1, -0.05) is 21.0 Å². The Kier molecular flexibility index (Phi) is 3.35. The van der Waals surface area contributed by atoms with Gasteiger partial charge >= 0.3 is 0 Å². The molecule has 0 amide bonds. The number of aromatic nitrogens is 4. The van der Waals surface area contributed by atoms with Gasteiger partial charge in [0.25, 0.3) is 5.95 Å². The highest BCUT2D eigenvalue weighted by atomic mass is 79.9. The molecule has 7 heteroatoms. The number of tetrazole rings is 1. The number of halogens is 1. The number of hydrogen-bond donors (Lipinski definition) is 2. The van der Waals surface area contributed by atoms with Crippen LogP contribution in [-0.2, 0) is 6.54 Å². The van der Waals surface area contributed by atoms with Crippen LogP contribution in [0.3, 0.4) is 0 Å². The summed E-state index contributed by atoms with van der Waals surface area (Å²) in [7, 11) is 1.64. The van der Waals surface area contributed by atoms with Crippen molar-refractivity contribution in [1.82, 2.24) is 20.6 Å². The van der Waals surface area contributed by atoms with Crippen molar-refractivity contribution in [2.24, 2.45) is 0 Å². The molecule has 0 aliphatic carbocycles. The lowest BCUT2D eigenvalue weighted by molar-refractivity contribution is 0.410. The van der Waals surface area contributed by atoms with E-state index in [9.17, 15) is 0 Å². The number of nitrogens with zero attached hydrogens (tertiary/aromatic N) is 3. The smallest absolute Gasteiger partial charge is 0.263 e. The lowest BCUT2D eigenvalue weighted by Gasteiger charge is -2.08. The number of nitrogens with one attached hydrogen (secondary N) is 2. The number of aromatic amines is 1. The van der Waals surface area contributed by atoms with Gasteiger partial charge in [0, 0.05) is 16.6 Å². The van der Waals surface area contributed by atoms with E-state index in [0.717, 1.165) is 15.8 Å². The maximum atomic E-state index is 5.25. The third-order valence-electron chi connectivity index (χ3n) is 2.02. The number of methoxy groups -OCH3 is 1. The lowest BCUT2D eigenvalue weighted by atomic mass is 10.2. The Morgan fingerprint density at radius 3 is 3.06 bits per heavy atom. The minimum Gasteiger partial charge on any atom is -0.496 e. The Morgan fingerprint density at radius 1 is 1.50 bits per heavy atom. The predicted octanol–water partition coefficient (Wildman–Crippen LogP) is 1.58. The maximum Gasteiger partial charge on any atom is 0.263 e. The van der Waals surface area contributed by atoms with Crippen LogP contribution in [0.25, 0.3) is 0 Å². The van der Waals surface area contributed by atoms with Gasteiger partial charge in [0.15, 0.2) is 0 Å². The van der Waals surface area contributed by atoms with E-state index >= 15 is 0 Å². The topological polar surface area (TPSA) is 75.7 Å². The molecule has 0 aliphatic heterocycles. The summed E-state index contributed by atoms with van der Waals surface area (Å²) in [5, 5.41) is 16.5. The number of anilines is 1. The van der Waals surface area contributed by atoms with Gasteiger partial charge in [0.2, 0.25) is 0 Å². The average molecular weight is 284 g/mol. The molecule has 2 rings (SSSR count). The zero-order valence-electron chi connectivity index (χ0n) is 8.57. The molecule has 0 atom stereocenters. The first-order valence-electron chi connectivity index (χ1n) is 4.59. The molecule has 6 nitrogen and oxygen atoms in total. The second-order valence-corrected chi connectivity index (χ2v) is 3.96. The molecule has 16 heavy (non-hydrogen) atoms. The first-order chi connectivity index (χ1) is 7.79. The van der Waals surface area contributed by atoms with Crippen LogP contribution in [0, 0.1) is 0 Å². The van der Waals surface area contributed by atoms with Crippen molar-refractivity contribution in [3.05, 3.63) is 28.2 Å². The second kappa shape index (κ2) is 4.93. The van der Waals surface area contributed by atoms with Crippen LogP contribution in [0.4, 0.5) is 5.95 Å². The summed E-state index contributed by atoms with van der Waals surface area (Å²) in [4.78, 5) is 0. The van der Waals surface area contributed by atoms with Crippen LogP contribution in [-0.4, -0.2) is 27.7 Å². The van der Waals surface area contributed by atoms with Crippen LogP contribution in [0.5, 0.6) is 5.75 Å². The zero-order chi connectivity index (χ0) is 11.4. The number of hydrogen-bond acceptors (Lipinski definition) is 5. The molecule has 0 saturated heterocycles. The predicted molar refractivity (Wildman–Crippen MR) is 62.2 cm³/mol. The first-order valence-corrected chi connectivity index (χ1v) is 5.38. The van der Waals surface area contributed by atoms with Crippen molar-refractivity contribution >= 4 is 21.9 Å². The summed E-state index contributed by atoms with van der Waals surface area (Å²) in [6, 6.07) is 5.81. The molecular formula is C9H10BrN5O. The standard InChI is InChI=1S/C9H10BrN5O/c1-16-8-3-2-7(10)4-6(8)5-11-9-12-14-15-13-9/h2-4H,5H2,1H3,(H2,11,12,13,14,15).